The van der Waals surface area contributed by atoms with Gasteiger partial charge in [0.1, 0.15) is 12.6 Å². The fourth-order valence-electron chi connectivity index (χ4n) is 3.19. The molecule has 3 rings (SSSR count). The van der Waals surface area contributed by atoms with Crippen LogP contribution >= 0.6 is 15.9 Å². The monoisotopic (exact) mass is 400 g/mol. The zero-order chi connectivity index (χ0) is 16.9. The molecule has 0 aromatic carbocycles. The van der Waals surface area contributed by atoms with Gasteiger partial charge >= 0.3 is 0 Å². The van der Waals surface area contributed by atoms with Gasteiger partial charge in [-0.15, -0.1) is 0 Å². The van der Waals surface area contributed by atoms with Crippen molar-refractivity contribution in [1.29, 1.82) is 0 Å². The molecular formula is C16H23BrN3O4+. The maximum Gasteiger partial charge on any atom is 0.287 e. The highest BCUT2D eigenvalue weighted by atomic mass is 79.9. The van der Waals surface area contributed by atoms with Crippen molar-refractivity contribution < 1.29 is 23.6 Å². The van der Waals surface area contributed by atoms with Crippen LogP contribution in [-0.4, -0.2) is 68.7 Å². The molecule has 0 bridgehead atoms. The molecule has 0 spiro atoms. The SMILES string of the molecule is O=C(NCC(=O)N1CC[NH+](C[C@H]2CCCO2)CC1)c1ccc(Br)o1. The van der Waals surface area contributed by atoms with Crippen LogP contribution in [0.1, 0.15) is 23.4 Å². The number of hydrogen-bond donors (Lipinski definition) is 2. The molecule has 2 amide bonds. The Hall–Kier alpha value is -1.38. The molecule has 0 aliphatic carbocycles. The van der Waals surface area contributed by atoms with E-state index in [-0.39, 0.29) is 24.1 Å². The topological polar surface area (TPSA) is 76.2 Å². The third kappa shape index (κ3) is 4.58. The molecule has 2 N–H and O–H groups in total. The Morgan fingerprint density at radius 3 is 2.75 bits per heavy atom. The number of amides is 2. The summed E-state index contributed by atoms with van der Waals surface area (Å²) in [6.45, 7) is 5.24. The molecule has 0 unspecified atom stereocenters. The van der Waals surface area contributed by atoms with Gasteiger partial charge in [0, 0.05) is 6.61 Å². The van der Waals surface area contributed by atoms with Gasteiger partial charge in [0.15, 0.2) is 10.4 Å². The summed E-state index contributed by atoms with van der Waals surface area (Å²) in [6.07, 6.45) is 2.70. The van der Waals surface area contributed by atoms with Crippen LogP contribution in [0.15, 0.2) is 21.2 Å². The normalized spacial score (nSPS) is 21.9. The maximum atomic E-state index is 12.2. The summed E-state index contributed by atoms with van der Waals surface area (Å²) in [6, 6.07) is 3.21. The highest BCUT2D eigenvalue weighted by Gasteiger charge is 2.27. The lowest BCUT2D eigenvalue weighted by atomic mass is 10.2. The third-order valence-corrected chi connectivity index (χ3v) is 4.99. The van der Waals surface area contributed by atoms with Gasteiger partial charge in [0.05, 0.1) is 32.7 Å². The first kappa shape index (κ1) is 17.4. The van der Waals surface area contributed by atoms with E-state index in [1.54, 1.807) is 12.1 Å². The second-order valence-corrected chi connectivity index (χ2v) is 7.04. The smallest absolute Gasteiger partial charge is 0.287 e. The Morgan fingerprint density at radius 2 is 2.12 bits per heavy atom. The summed E-state index contributed by atoms with van der Waals surface area (Å²) in [4.78, 5) is 27.4. The highest BCUT2D eigenvalue weighted by molar-refractivity contribution is 9.10. The summed E-state index contributed by atoms with van der Waals surface area (Å²) in [5.74, 6) is -0.234. The van der Waals surface area contributed by atoms with Gasteiger partial charge in [0.25, 0.3) is 5.91 Å². The predicted octanol–water partition coefficient (Wildman–Crippen LogP) is -0.322. The first-order valence-corrected chi connectivity index (χ1v) is 9.17. The van der Waals surface area contributed by atoms with Gasteiger partial charge in [-0.2, -0.15) is 0 Å². The molecule has 2 fully saturated rings. The van der Waals surface area contributed by atoms with Crippen molar-refractivity contribution in [1.82, 2.24) is 10.2 Å². The number of furan rings is 1. The Morgan fingerprint density at radius 1 is 1.33 bits per heavy atom. The van der Waals surface area contributed by atoms with Crippen molar-refractivity contribution in [3.05, 3.63) is 22.6 Å². The summed E-state index contributed by atoms with van der Waals surface area (Å²) in [5, 5.41) is 2.61. The van der Waals surface area contributed by atoms with Crippen molar-refractivity contribution >= 4 is 27.7 Å². The van der Waals surface area contributed by atoms with E-state index in [1.807, 2.05) is 4.90 Å². The first-order valence-electron chi connectivity index (χ1n) is 8.38. The molecule has 2 saturated heterocycles. The second kappa shape index (κ2) is 8.13. The van der Waals surface area contributed by atoms with E-state index < -0.39 is 0 Å². The Kier molecular flexibility index (Phi) is 5.91. The van der Waals surface area contributed by atoms with Crippen LogP contribution in [0.3, 0.4) is 0 Å². The number of nitrogens with zero attached hydrogens (tertiary/aromatic N) is 1. The molecule has 24 heavy (non-hydrogen) atoms. The first-order chi connectivity index (χ1) is 11.6. The van der Waals surface area contributed by atoms with Crippen LogP contribution in [0.25, 0.3) is 0 Å². The van der Waals surface area contributed by atoms with Crippen LogP contribution in [0.5, 0.6) is 0 Å². The summed E-state index contributed by atoms with van der Waals surface area (Å²) in [5.41, 5.74) is 0. The van der Waals surface area contributed by atoms with Crippen LogP contribution in [0, 0.1) is 0 Å². The third-order valence-electron chi connectivity index (χ3n) is 4.56. The molecule has 2 aliphatic heterocycles. The van der Waals surface area contributed by atoms with Gasteiger partial charge in [-0.3, -0.25) is 9.59 Å². The van der Waals surface area contributed by atoms with Gasteiger partial charge in [-0.25, -0.2) is 0 Å². The van der Waals surface area contributed by atoms with Gasteiger partial charge in [-0.05, 0) is 40.9 Å². The van der Waals surface area contributed by atoms with E-state index in [9.17, 15) is 9.59 Å². The number of piperazine rings is 1. The Labute approximate surface area is 149 Å². The van der Waals surface area contributed by atoms with E-state index in [2.05, 4.69) is 21.2 Å². The van der Waals surface area contributed by atoms with Crippen molar-refractivity contribution in [2.24, 2.45) is 0 Å². The van der Waals surface area contributed by atoms with E-state index in [1.165, 1.54) is 4.90 Å². The number of hydrogen-bond acceptors (Lipinski definition) is 4. The fourth-order valence-corrected chi connectivity index (χ4v) is 3.50. The van der Waals surface area contributed by atoms with E-state index >= 15 is 0 Å². The van der Waals surface area contributed by atoms with E-state index in [4.69, 9.17) is 9.15 Å². The Balaban J connectivity index is 1.38. The molecule has 0 radical (unpaired) electrons. The lowest BCUT2D eigenvalue weighted by Crippen LogP contribution is -3.15. The standard InChI is InChI=1S/C16H22BrN3O4/c17-14-4-3-13(24-14)16(22)18-10-15(21)20-7-5-19(6-8-20)11-12-2-1-9-23-12/h3-4,12H,1-2,5-11H2,(H,18,22)/p+1/t12-/m1/s1. The lowest BCUT2D eigenvalue weighted by molar-refractivity contribution is -0.906. The number of quaternary nitrogens is 1. The number of ether oxygens (including phenoxy) is 1. The molecule has 0 saturated carbocycles. The minimum absolute atomic E-state index is 0.00176. The molecule has 8 heteroatoms. The zero-order valence-corrected chi connectivity index (χ0v) is 15.1. The van der Waals surface area contributed by atoms with Crippen LogP contribution in [0.2, 0.25) is 0 Å². The molecule has 3 heterocycles. The van der Waals surface area contributed by atoms with Crippen LogP contribution in [-0.2, 0) is 9.53 Å². The van der Waals surface area contributed by atoms with Gasteiger partial charge < -0.3 is 24.3 Å². The van der Waals surface area contributed by atoms with E-state index in [0.29, 0.717) is 10.8 Å². The minimum Gasteiger partial charge on any atom is -0.444 e. The average Bonchev–Trinajstić information content (AvgIpc) is 3.24. The minimum atomic E-state index is -0.378. The quantitative estimate of drug-likeness (QED) is 0.709. The number of halogens is 1. The van der Waals surface area contributed by atoms with Crippen molar-refractivity contribution in [3.8, 4) is 0 Å². The van der Waals surface area contributed by atoms with Crippen molar-refractivity contribution in [3.63, 3.8) is 0 Å². The predicted molar refractivity (Wildman–Crippen MR) is 89.9 cm³/mol. The average molecular weight is 401 g/mol. The summed E-state index contributed by atoms with van der Waals surface area (Å²) in [7, 11) is 0. The summed E-state index contributed by atoms with van der Waals surface area (Å²) < 4.78 is 11.3. The fraction of sp³-hybridized carbons (Fsp3) is 0.625. The van der Waals surface area contributed by atoms with E-state index in [0.717, 1.165) is 52.2 Å². The number of carbonyl (C=O) groups excluding carboxylic acids is 2. The number of rotatable bonds is 5. The molecule has 7 nitrogen and oxygen atoms in total. The zero-order valence-electron chi connectivity index (χ0n) is 13.6. The molecule has 1 aromatic heterocycles. The maximum absolute atomic E-state index is 12.2. The van der Waals surface area contributed by atoms with Crippen molar-refractivity contribution in [2.45, 2.75) is 18.9 Å². The number of nitrogens with one attached hydrogen (secondary N) is 2. The largest absolute Gasteiger partial charge is 0.444 e. The lowest BCUT2D eigenvalue weighted by Gasteiger charge is -2.33. The highest BCUT2D eigenvalue weighted by Crippen LogP contribution is 2.13. The Bertz CT molecular complexity index is 578. The molecule has 1 aromatic rings. The van der Waals surface area contributed by atoms with Crippen molar-refractivity contribution in [2.75, 3.05) is 45.9 Å². The van der Waals surface area contributed by atoms with Gasteiger partial charge in [-0.1, -0.05) is 0 Å². The van der Waals surface area contributed by atoms with Crippen LogP contribution < -0.4 is 10.2 Å². The molecule has 2 aliphatic rings. The second-order valence-electron chi connectivity index (χ2n) is 6.26. The molecular weight excluding hydrogens is 378 g/mol. The van der Waals surface area contributed by atoms with Gasteiger partial charge in [0.2, 0.25) is 5.91 Å². The van der Waals surface area contributed by atoms with Crippen LogP contribution in [0.4, 0.5) is 0 Å². The summed E-state index contributed by atoms with van der Waals surface area (Å²) >= 11 is 3.15. The molecule has 132 valence electrons. The number of carbonyl (C=O) groups is 2. The molecule has 1 atom stereocenters.